The van der Waals surface area contributed by atoms with Crippen LogP contribution in [0.3, 0.4) is 0 Å². The van der Waals surface area contributed by atoms with E-state index in [2.05, 4.69) is 37.9 Å². The molecule has 7 heteroatoms. The zero-order chi connectivity index (χ0) is 18.7. The molecule has 0 radical (unpaired) electrons. The maximum Gasteiger partial charge on any atom is 0.317 e. The van der Waals surface area contributed by atoms with Crippen LogP contribution in [0, 0.1) is 13.8 Å². The summed E-state index contributed by atoms with van der Waals surface area (Å²) in [6.07, 6.45) is 2.96. The van der Waals surface area contributed by atoms with Crippen molar-refractivity contribution in [2.24, 2.45) is 0 Å². The minimum absolute atomic E-state index is 0.0581. The van der Waals surface area contributed by atoms with Gasteiger partial charge in [0.05, 0.1) is 5.39 Å². The molecular weight excluding hydrogens is 346 g/mol. The van der Waals surface area contributed by atoms with E-state index in [1.165, 1.54) is 15.8 Å². The fourth-order valence-corrected chi connectivity index (χ4v) is 4.31. The average Bonchev–Trinajstić information content (AvgIpc) is 2.95. The van der Waals surface area contributed by atoms with Gasteiger partial charge in [-0.1, -0.05) is 20.3 Å². The number of nitrogens with one attached hydrogen (secondary N) is 1. The number of piperazine rings is 1. The van der Waals surface area contributed by atoms with E-state index in [9.17, 15) is 4.79 Å². The Labute approximate surface area is 159 Å². The molecule has 1 aliphatic heterocycles. The number of carbonyl (C=O) groups excluding carboxylic acids is 1. The topological polar surface area (TPSA) is 61.4 Å². The van der Waals surface area contributed by atoms with E-state index in [1.807, 2.05) is 4.90 Å². The molecule has 0 unspecified atom stereocenters. The van der Waals surface area contributed by atoms with Crippen molar-refractivity contribution >= 4 is 33.4 Å². The van der Waals surface area contributed by atoms with Crippen LogP contribution >= 0.6 is 11.3 Å². The third-order valence-electron chi connectivity index (χ3n) is 5.05. The number of hydrogen-bond donors (Lipinski definition) is 1. The van der Waals surface area contributed by atoms with E-state index in [0.717, 1.165) is 68.5 Å². The lowest BCUT2D eigenvalue weighted by Gasteiger charge is -2.35. The maximum atomic E-state index is 12.3. The number of fused-ring (bicyclic) bond motifs is 1. The van der Waals surface area contributed by atoms with Crippen molar-refractivity contribution in [1.82, 2.24) is 20.2 Å². The highest BCUT2D eigenvalue weighted by atomic mass is 32.1. The van der Waals surface area contributed by atoms with E-state index in [-0.39, 0.29) is 6.03 Å². The van der Waals surface area contributed by atoms with Crippen LogP contribution in [0.25, 0.3) is 10.2 Å². The molecule has 2 aromatic heterocycles. The van der Waals surface area contributed by atoms with Crippen LogP contribution in [0.2, 0.25) is 0 Å². The lowest BCUT2D eigenvalue weighted by Crippen LogP contribution is -2.52. The quantitative estimate of drug-likeness (QED) is 0.813. The van der Waals surface area contributed by atoms with Gasteiger partial charge in [0.25, 0.3) is 0 Å². The van der Waals surface area contributed by atoms with Crippen molar-refractivity contribution in [2.45, 2.75) is 47.0 Å². The Kier molecular flexibility index (Phi) is 5.96. The summed E-state index contributed by atoms with van der Waals surface area (Å²) in [5.74, 6) is 1.94. The molecule has 2 amide bonds. The fourth-order valence-electron chi connectivity index (χ4n) is 3.26. The Morgan fingerprint density at radius 3 is 2.54 bits per heavy atom. The Hall–Kier alpha value is -1.89. The highest BCUT2D eigenvalue weighted by molar-refractivity contribution is 7.18. The Morgan fingerprint density at radius 1 is 1.15 bits per heavy atom. The summed E-state index contributed by atoms with van der Waals surface area (Å²) in [6.45, 7) is 12.4. The Bertz CT molecular complexity index is 780. The summed E-state index contributed by atoms with van der Waals surface area (Å²) in [6, 6.07) is 0.0581. The van der Waals surface area contributed by atoms with Crippen LogP contribution < -0.4 is 10.2 Å². The first kappa shape index (κ1) is 18.9. The second-order valence-electron chi connectivity index (χ2n) is 6.84. The largest absolute Gasteiger partial charge is 0.352 e. The molecule has 2 aromatic rings. The van der Waals surface area contributed by atoms with Crippen molar-refractivity contribution in [3.63, 3.8) is 0 Å². The number of aromatic nitrogens is 2. The number of unbranched alkanes of at least 4 members (excludes halogenated alkanes) is 1. The van der Waals surface area contributed by atoms with Crippen LogP contribution in [0.15, 0.2) is 0 Å². The van der Waals surface area contributed by atoms with Gasteiger partial charge in [0, 0.05) is 44.0 Å². The standard InChI is InChI=1S/C19H29N5OS/c1-5-7-8-20-19(25)24-11-9-23(10-12-24)17-16-13(3)14(4)26-18(16)22-15(6-2)21-17/h5-12H2,1-4H3,(H,20,25). The van der Waals surface area contributed by atoms with Gasteiger partial charge in [-0.25, -0.2) is 14.8 Å². The van der Waals surface area contributed by atoms with Crippen molar-refractivity contribution in [2.75, 3.05) is 37.6 Å². The number of carbonyl (C=O) groups is 1. The van der Waals surface area contributed by atoms with Crippen LogP contribution in [-0.2, 0) is 6.42 Å². The number of hydrogen-bond acceptors (Lipinski definition) is 5. The van der Waals surface area contributed by atoms with E-state index in [0.29, 0.717) is 0 Å². The highest BCUT2D eigenvalue weighted by Gasteiger charge is 2.25. The second-order valence-corrected chi connectivity index (χ2v) is 8.04. The lowest BCUT2D eigenvalue weighted by atomic mass is 10.2. The number of urea groups is 1. The number of amides is 2. The van der Waals surface area contributed by atoms with Gasteiger partial charge >= 0.3 is 6.03 Å². The number of rotatable bonds is 5. The summed E-state index contributed by atoms with van der Waals surface area (Å²) in [5.41, 5.74) is 1.28. The lowest BCUT2D eigenvalue weighted by molar-refractivity contribution is 0.194. The minimum Gasteiger partial charge on any atom is -0.352 e. The van der Waals surface area contributed by atoms with Gasteiger partial charge < -0.3 is 15.1 Å². The van der Waals surface area contributed by atoms with Gasteiger partial charge in [0.15, 0.2) is 0 Å². The van der Waals surface area contributed by atoms with Gasteiger partial charge in [-0.2, -0.15) is 0 Å². The first-order valence-electron chi connectivity index (χ1n) is 9.59. The Balaban J connectivity index is 1.76. The van der Waals surface area contributed by atoms with Gasteiger partial charge in [-0.3, -0.25) is 0 Å². The van der Waals surface area contributed by atoms with Gasteiger partial charge in [-0.05, 0) is 25.8 Å². The third-order valence-corrected chi connectivity index (χ3v) is 6.15. The normalized spacial score (nSPS) is 14.9. The molecule has 26 heavy (non-hydrogen) atoms. The first-order valence-corrected chi connectivity index (χ1v) is 10.4. The molecule has 1 aliphatic rings. The molecule has 0 aromatic carbocycles. The molecule has 1 N–H and O–H groups in total. The van der Waals surface area contributed by atoms with E-state index in [4.69, 9.17) is 9.97 Å². The molecule has 0 atom stereocenters. The maximum absolute atomic E-state index is 12.3. The molecule has 3 rings (SSSR count). The Morgan fingerprint density at radius 2 is 1.88 bits per heavy atom. The molecule has 142 valence electrons. The monoisotopic (exact) mass is 375 g/mol. The van der Waals surface area contributed by atoms with Gasteiger partial charge in [-0.15, -0.1) is 11.3 Å². The van der Waals surface area contributed by atoms with Crippen LogP contribution in [0.4, 0.5) is 10.6 Å². The van der Waals surface area contributed by atoms with Crippen molar-refractivity contribution in [3.8, 4) is 0 Å². The van der Waals surface area contributed by atoms with Crippen LogP contribution in [0.5, 0.6) is 0 Å². The summed E-state index contributed by atoms with van der Waals surface area (Å²) in [4.78, 5) is 28.5. The van der Waals surface area contributed by atoms with Gasteiger partial charge in [0.1, 0.15) is 16.5 Å². The third kappa shape index (κ3) is 3.77. The molecule has 0 spiro atoms. The predicted octanol–water partition coefficient (Wildman–Crippen LogP) is 3.50. The zero-order valence-electron chi connectivity index (χ0n) is 16.3. The number of anilines is 1. The van der Waals surface area contributed by atoms with Crippen LogP contribution in [-0.4, -0.2) is 53.6 Å². The summed E-state index contributed by atoms with van der Waals surface area (Å²) in [5, 5.41) is 4.20. The molecular formula is C19H29N5OS. The molecule has 0 saturated carbocycles. The number of aryl methyl sites for hydroxylation is 3. The minimum atomic E-state index is 0.0581. The van der Waals surface area contributed by atoms with E-state index >= 15 is 0 Å². The van der Waals surface area contributed by atoms with Crippen molar-refractivity contribution in [3.05, 3.63) is 16.3 Å². The summed E-state index contributed by atoms with van der Waals surface area (Å²) in [7, 11) is 0. The van der Waals surface area contributed by atoms with E-state index in [1.54, 1.807) is 11.3 Å². The molecule has 1 fully saturated rings. The molecule has 0 aliphatic carbocycles. The molecule has 3 heterocycles. The smallest absolute Gasteiger partial charge is 0.317 e. The summed E-state index contributed by atoms with van der Waals surface area (Å²) >= 11 is 1.75. The van der Waals surface area contributed by atoms with Crippen molar-refractivity contribution in [1.29, 1.82) is 0 Å². The average molecular weight is 376 g/mol. The zero-order valence-corrected chi connectivity index (χ0v) is 17.1. The number of thiophene rings is 1. The predicted molar refractivity (Wildman–Crippen MR) is 108 cm³/mol. The molecule has 0 bridgehead atoms. The molecule has 1 saturated heterocycles. The SMILES string of the molecule is CCCCNC(=O)N1CCN(c2nc(CC)nc3sc(C)c(C)c23)CC1. The van der Waals surface area contributed by atoms with E-state index < -0.39 is 0 Å². The highest BCUT2D eigenvalue weighted by Crippen LogP contribution is 2.35. The van der Waals surface area contributed by atoms with Crippen LogP contribution in [0.1, 0.15) is 43.0 Å². The second kappa shape index (κ2) is 8.20. The fraction of sp³-hybridized carbons (Fsp3) is 0.632. The van der Waals surface area contributed by atoms with Gasteiger partial charge in [0.2, 0.25) is 0 Å². The van der Waals surface area contributed by atoms with Crippen molar-refractivity contribution < 1.29 is 4.79 Å². The number of nitrogens with zero attached hydrogens (tertiary/aromatic N) is 4. The molecule has 6 nitrogen and oxygen atoms in total. The first-order chi connectivity index (χ1) is 12.5. The summed E-state index contributed by atoms with van der Waals surface area (Å²) < 4.78 is 0.